The van der Waals surface area contributed by atoms with Gasteiger partial charge in [-0.15, -0.1) is 0 Å². The van der Waals surface area contributed by atoms with Crippen LogP contribution in [0, 0.1) is 0 Å². The zero-order valence-electron chi connectivity index (χ0n) is 13.3. The highest BCUT2D eigenvalue weighted by Gasteiger charge is 2.13. The molecule has 0 fully saturated rings. The molecule has 118 valence electrons. The van der Waals surface area contributed by atoms with Crippen LogP contribution in [0.15, 0.2) is 54.6 Å². The standard InChI is InChI=1S/C19H25NO2/c1-15(8-9-16-10-12-18(22-2)13-11-16)20-19(14-21)17-6-4-3-5-7-17/h3-7,10-13,15,19-21H,8-9,14H2,1-2H3. The summed E-state index contributed by atoms with van der Waals surface area (Å²) in [6.45, 7) is 2.27. The molecule has 0 saturated heterocycles. The first-order chi connectivity index (χ1) is 10.7. The highest BCUT2D eigenvalue weighted by Crippen LogP contribution is 2.16. The van der Waals surface area contributed by atoms with Crippen molar-refractivity contribution in [2.45, 2.75) is 31.8 Å². The Labute approximate surface area is 133 Å². The monoisotopic (exact) mass is 299 g/mol. The minimum Gasteiger partial charge on any atom is -0.497 e. The Hall–Kier alpha value is -1.84. The van der Waals surface area contributed by atoms with Crippen molar-refractivity contribution in [2.75, 3.05) is 13.7 Å². The first kappa shape index (κ1) is 16.5. The lowest BCUT2D eigenvalue weighted by molar-refractivity contribution is 0.233. The van der Waals surface area contributed by atoms with Crippen molar-refractivity contribution < 1.29 is 9.84 Å². The van der Waals surface area contributed by atoms with Gasteiger partial charge >= 0.3 is 0 Å². The van der Waals surface area contributed by atoms with Gasteiger partial charge in [-0.3, -0.25) is 0 Å². The molecule has 0 bridgehead atoms. The molecule has 0 radical (unpaired) electrons. The maximum Gasteiger partial charge on any atom is 0.118 e. The van der Waals surface area contributed by atoms with Crippen LogP contribution >= 0.6 is 0 Å². The number of aryl methyl sites for hydroxylation is 1. The lowest BCUT2D eigenvalue weighted by atomic mass is 10.0. The molecule has 0 saturated carbocycles. The fourth-order valence-electron chi connectivity index (χ4n) is 2.54. The lowest BCUT2D eigenvalue weighted by Crippen LogP contribution is -2.33. The summed E-state index contributed by atoms with van der Waals surface area (Å²) < 4.78 is 5.17. The van der Waals surface area contributed by atoms with E-state index >= 15 is 0 Å². The van der Waals surface area contributed by atoms with Crippen LogP contribution < -0.4 is 10.1 Å². The average Bonchev–Trinajstić information content (AvgIpc) is 2.59. The van der Waals surface area contributed by atoms with Gasteiger partial charge in [0, 0.05) is 6.04 Å². The van der Waals surface area contributed by atoms with E-state index in [2.05, 4.69) is 24.4 Å². The van der Waals surface area contributed by atoms with E-state index in [1.165, 1.54) is 5.56 Å². The molecule has 2 atom stereocenters. The molecular formula is C19H25NO2. The molecule has 3 nitrogen and oxygen atoms in total. The van der Waals surface area contributed by atoms with Gasteiger partial charge < -0.3 is 15.2 Å². The van der Waals surface area contributed by atoms with Crippen molar-refractivity contribution in [3.8, 4) is 5.75 Å². The molecule has 0 aliphatic carbocycles. The molecule has 0 amide bonds. The van der Waals surface area contributed by atoms with Crippen molar-refractivity contribution >= 4 is 0 Å². The van der Waals surface area contributed by atoms with Crippen LogP contribution in [0.1, 0.15) is 30.5 Å². The minimum absolute atomic E-state index is 0.00735. The molecule has 2 aromatic carbocycles. The van der Waals surface area contributed by atoms with Gasteiger partial charge in [0.25, 0.3) is 0 Å². The summed E-state index contributed by atoms with van der Waals surface area (Å²) in [5.74, 6) is 0.888. The SMILES string of the molecule is COc1ccc(CCC(C)NC(CO)c2ccccc2)cc1. The Morgan fingerprint density at radius 2 is 1.73 bits per heavy atom. The Balaban J connectivity index is 1.84. The van der Waals surface area contributed by atoms with Crippen LogP contribution in [0.3, 0.4) is 0 Å². The summed E-state index contributed by atoms with van der Waals surface area (Å²) in [5, 5.41) is 13.1. The molecule has 0 aliphatic rings. The molecule has 3 heteroatoms. The number of methoxy groups -OCH3 is 1. The van der Waals surface area contributed by atoms with Gasteiger partial charge in [0.2, 0.25) is 0 Å². The Morgan fingerprint density at radius 3 is 2.32 bits per heavy atom. The van der Waals surface area contributed by atoms with E-state index in [9.17, 15) is 5.11 Å². The molecule has 0 spiro atoms. The topological polar surface area (TPSA) is 41.5 Å². The fraction of sp³-hybridized carbons (Fsp3) is 0.368. The minimum atomic E-state index is -0.00735. The molecule has 0 aromatic heterocycles. The van der Waals surface area contributed by atoms with Gasteiger partial charge in [-0.1, -0.05) is 42.5 Å². The van der Waals surface area contributed by atoms with Crippen LogP contribution in [-0.4, -0.2) is 24.9 Å². The number of aliphatic hydroxyl groups excluding tert-OH is 1. The number of rotatable bonds is 8. The molecule has 2 unspecified atom stereocenters. The highest BCUT2D eigenvalue weighted by molar-refractivity contribution is 5.27. The highest BCUT2D eigenvalue weighted by atomic mass is 16.5. The number of hydrogen-bond acceptors (Lipinski definition) is 3. The normalized spacial score (nSPS) is 13.6. The molecule has 0 heterocycles. The van der Waals surface area contributed by atoms with Gasteiger partial charge in [-0.2, -0.15) is 0 Å². The van der Waals surface area contributed by atoms with Crippen molar-refractivity contribution in [3.05, 3.63) is 65.7 Å². The predicted octanol–water partition coefficient (Wildman–Crippen LogP) is 3.34. The summed E-state index contributed by atoms with van der Waals surface area (Å²) in [6, 6.07) is 18.6. The summed E-state index contributed by atoms with van der Waals surface area (Å²) >= 11 is 0. The zero-order valence-corrected chi connectivity index (χ0v) is 13.3. The van der Waals surface area contributed by atoms with Crippen molar-refractivity contribution in [1.29, 1.82) is 0 Å². The van der Waals surface area contributed by atoms with E-state index < -0.39 is 0 Å². The predicted molar refractivity (Wildman–Crippen MR) is 90.2 cm³/mol. The summed E-state index contributed by atoms with van der Waals surface area (Å²) in [7, 11) is 1.68. The molecule has 2 N–H and O–H groups in total. The Bertz CT molecular complexity index is 539. The second-order valence-corrected chi connectivity index (χ2v) is 5.60. The van der Waals surface area contributed by atoms with E-state index in [4.69, 9.17) is 4.74 Å². The van der Waals surface area contributed by atoms with E-state index in [1.54, 1.807) is 7.11 Å². The van der Waals surface area contributed by atoms with E-state index in [0.29, 0.717) is 6.04 Å². The van der Waals surface area contributed by atoms with Crippen LogP contribution in [0.2, 0.25) is 0 Å². The smallest absolute Gasteiger partial charge is 0.118 e. The summed E-state index contributed by atoms with van der Waals surface area (Å²) in [5.41, 5.74) is 2.43. The van der Waals surface area contributed by atoms with Gasteiger partial charge in [-0.05, 0) is 43.0 Å². The Kier molecular flexibility index (Phi) is 6.44. The third kappa shape index (κ3) is 4.86. The number of hydrogen-bond donors (Lipinski definition) is 2. The fourth-order valence-corrected chi connectivity index (χ4v) is 2.54. The lowest BCUT2D eigenvalue weighted by Gasteiger charge is -2.22. The third-order valence-corrected chi connectivity index (χ3v) is 3.90. The van der Waals surface area contributed by atoms with Crippen molar-refractivity contribution in [1.82, 2.24) is 5.32 Å². The summed E-state index contributed by atoms with van der Waals surface area (Å²) in [4.78, 5) is 0. The van der Waals surface area contributed by atoms with Crippen LogP contribution in [-0.2, 0) is 6.42 Å². The number of ether oxygens (including phenoxy) is 1. The molecule has 22 heavy (non-hydrogen) atoms. The quantitative estimate of drug-likeness (QED) is 0.785. The van der Waals surface area contributed by atoms with Crippen LogP contribution in [0.5, 0.6) is 5.75 Å². The van der Waals surface area contributed by atoms with Gasteiger partial charge in [-0.25, -0.2) is 0 Å². The van der Waals surface area contributed by atoms with Crippen molar-refractivity contribution in [2.24, 2.45) is 0 Å². The largest absolute Gasteiger partial charge is 0.497 e. The van der Waals surface area contributed by atoms with E-state index in [-0.39, 0.29) is 12.6 Å². The number of aliphatic hydroxyl groups is 1. The van der Waals surface area contributed by atoms with Gasteiger partial charge in [0.15, 0.2) is 0 Å². The zero-order chi connectivity index (χ0) is 15.8. The van der Waals surface area contributed by atoms with Gasteiger partial charge in [0.1, 0.15) is 5.75 Å². The maximum absolute atomic E-state index is 9.59. The molecule has 2 rings (SSSR count). The van der Waals surface area contributed by atoms with Crippen molar-refractivity contribution in [3.63, 3.8) is 0 Å². The van der Waals surface area contributed by atoms with Crippen LogP contribution in [0.25, 0.3) is 0 Å². The molecule has 2 aromatic rings. The first-order valence-electron chi connectivity index (χ1n) is 7.77. The Morgan fingerprint density at radius 1 is 1.05 bits per heavy atom. The first-order valence-corrected chi connectivity index (χ1v) is 7.77. The number of nitrogens with one attached hydrogen (secondary N) is 1. The second kappa shape index (κ2) is 8.57. The third-order valence-electron chi connectivity index (χ3n) is 3.90. The van der Waals surface area contributed by atoms with Gasteiger partial charge in [0.05, 0.1) is 19.8 Å². The van der Waals surface area contributed by atoms with Crippen LogP contribution in [0.4, 0.5) is 0 Å². The van der Waals surface area contributed by atoms with E-state index in [1.807, 2.05) is 42.5 Å². The van der Waals surface area contributed by atoms with E-state index in [0.717, 1.165) is 24.2 Å². The molecular weight excluding hydrogens is 274 g/mol. The maximum atomic E-state index is 9.59. The molecule has 0 aliphatic heterocycles. The average molecular weight is 299 g/mol. The summed E-state index contributed by atoms with van der Waals surface area (Å²) in [6.07, 6.45) is 2.03. The number of benzene rings is 2. The second-order valence-electron chi connectivity index (χ2n) is 5.60.